The van der Waals surface area contributed by atoms with Crippen molar-refractivity contribution in [1.82, 2.24) is 15.3 Å². The van der Waals surface area contributed by atoms with Gasteiger partial charge in [0.25, 0.3) is 5.91 Å². The van der Waals surface area contributed by atoms with Crippen LogP contribution in [0, 0.1) is 6.92 Å². The van der Waals surface area contributed by atoms with E-state index in [0.717, 1.165) is 10.0 Å². The second-order valence-electron chi connectivity index (χ2n) is 7.00. The van der Waals surface area contributed by atoms with Gasteiger partial charge in [-0.3, -0.25) is 14.9 Å². The number of hydrogen-bond donors (Lipinski definition) is 4. The van der Waals surface area contributed by atoms with Crippen LogP contribution >= 0.6 is 15.9 Å². The summed E-state index contributed by atoms with van der Waals surface area (Å²) in [5, 5.41) is 7.40. The molecule has 0 bridgehead atoms. The van der Waals surface area contributed by atoms with Gasteiger partial charge in [-0.05, 0) is 65.7 Å². The van der Waals surface area contributed by atoms with E-state index in [0.29, 0.717) is 11.4 Å². The predicted octanol–water partition coefficient (Wildman–Crippen LogP) is 3.59. The summed E-state index contributed by atoms with van der Waals surface area (Å²) in [5.74, 6) is -0.624. The molecule has 11 heteroatoms. The fourth-order valence-corrected chi connectivity index (χ4v) is 2.87. The summed E-state index contributed by atoms with van der Waals surface area (Å²) in [4.78, 5) is 44.9. The molecular weight excluding hydrogens is 492 g/mol. The van der Waals surface area contributed by atoms with Crippen molar-refractivity contribution < 1.29 is 19.1 Å². The van der Waals surface area contributed by atoms with Crippen LogP contribution in [0.25, 0.3) is 0 Å². The SMILES string of the molecule is Cc1cc(NC(=O)NC(=O)c2ccccc2NC(=O)C(C)N)ccc1Oc1ncc(Br)cn1. The molecule has 0 spiro atoms. The van der Waals surface area contributed by atoms with E-state index in [9.17, 15) is 14.4 Å². The Morgan fingerprint density at radius 1 is 1.06 bits per heavy atom. The molecule has 0 saturated heterocycles. The summed E-state index contributed by atoms with van der Waals surface area (Å²) in [6.07, 6.45) is 3.13. The quantitative estimate of drug-likeness (QED) is 0.394. The van der Waals surface area contributed by atoms with Gasteiger partial charge < -0.3 is 21.1 Å². The van der Waals surface area contributed by atoms with Crippen molar-refractivity contribution in [2.75, 3.05) is 10.6 Å². The van der Waals surface area contributed by atoms with Crippen LogP contribution in [0.1, 0.15) is 22.8 Å². The number of amides is 4. The van der Waals surface area contributed by atoms with E-state index in [1.165, 1.54) is 13.0 Å². The number of benzene rings is 2. The second kappa shape index (κ2) is 10.7. The van der Waals surface area contributed by atoms with Crippen LogP contribution in [-0.2, 0) is 4.79 Å². The highest BCUT2D eigenvalue weighted by Crippen LogP contribution is 2.25. The van der Waals surface area contributed by atoms with Gasteiger partial charge in [-0.25, -0.2) is 14.8 Å². The molecule has 1 aromatic heterocycles. The Morgan fingerprint density at radius 3 is 2.42 bits per heavy atom. The minimum atomic E-state index is -0.755. The average Bonchev–Trinajstić information content (AvgIpc) is 2.77. The minimum Gasteiger partial charge on any atom is -0.424 e. The van der Waals surface area contributed by atoms with Crippen LogP contribution < -0.4 is 26.4 Å². The lowest BCUT2D eigenvalue weighted by molar-refractivity contribution is -0.117. The molecule has 3 aromatic rings. The zero-order valence-electron chi connectivity index (χ0n) is 17.8. The number of rotatable bonds is 6. The zero-order valence-corrected chi connectivity index (χ0v) is 19.3. The number of anilines is 2. The molecule has 1 heterocycles. The Balaban J connectivity index is 1.64. The average molecular weight is 513 g/mol. The fraction of sp³-hybridized carbons (Fsp3) is 0.136. The van der Waals surface area contributed by atoms with Crippen LogP contribution in [0.15, 0.2) is 59.3 Å². The highest BCUT2D eigenvalue weighted by atomic mass is 79.9. The first-order chi connectivity index (χ1) is 15.7. The Labute approximate surface area is 198 Å². The van der Waals surface area contributed by atoms with E-state index in [2.05, 4.69) is 41.8 Å². The molecule has 0 aliphatic carbocycles. The minimum absolute atomic E-state index is 0.121. The molecule has 33 heavy (non-hydrogen) atoms. The molecule has 1 atom stereocenters. The van der Waals surface area contributed by atoms with E-state index in [4.69, 9.17) is 10.5 Å². The summed E-state index contributed by atoms with van der Waals surface area (Å²) in [5.41, 5.74) is 7.09. The molecule has 4 amide bonds. The van der Waals surface area contributed by atoms with Gasteiger partial charge in [-0.1, -0.05) is 12.1 Å². The van der Waals surface area contributed by atoms with Crippen molar-refractivity contribution in [2.45, 2.75) is 19.9 Å². The van der Waals surface area contributed by atoms with Gasteiger partial charge >= 0.3 is 12.0 Å². The molecule has 0 aliphatic rings. The van der Waals surface area contributed by atoms with E-state index in [1.807, 2.05) is 0 Å². The van der Waals surface area contributed by atoms with Crippen LogP contribution in [0.2, 0.25) is 0 Å². The number of urea groups is 1. The number of ether oxygens (including phenoxy) is 1. The van der Waals surface area contributed by atoms with Gasteiger partial charge in [0.15, 0.2) is 0 Å². The zero-order chi connectivity index (χ0) is 24.0. The molecule has 0 aliphatic heterocycles. The van der Waals surface area contributed by atoms with Crippen LogP contribution in [0.3, 0.4) is 0 Å². The second-order valence-corrected chi connectivity index (χ2v) is 7.91. The van der Waals surface area contributed by atoms with E-state index in [-0.39, 0.29) is 17.3 Å². The van der Waals surface area contributed by atoms with Gasteiger partial charge in [-0.2, -0.15) is 0 Å². The van der Waals surface area contributed by atoms with E-state index < -0.39 is 23.9 Å². The topological polar surface area (TPSA) is 148 Å². The number of nitrogens with zero attached hydrogens (tertiary/aromatic N) is 2. The summed E-state index contributed by atoms with van der Waals surface area (Å²) in [6.45, 7) is 3.31. The number of nitrogens with one attached hydrogen (secondary N) is 3. The first-order valence-electron chi connectivity index (χ1n) is 9.77. The first kappa shape index (κ1) is 23.8. The molecular formula is C22H21BrN6O4. The van der Waals surface area contributed by atoms with Crippen LogP contribution in [0.5, 0.6) is 11.8 Å². The Hall–Kier alpha value is -3.83. The number of para-hydroxylation sites is 1. The van der Waals surface area contributed by atoms with Gasteiger partial charge in [0.1, 0.15) is 5.75 Å². The lowest BCUT2D eigenvalue weighted by Crippen LogP contribution is -2.36. The number of aromatic nitrogens is 2. The molecule has 10 nitrogen and oxygen atoms in total. The lowest BCUT2D eigenvalue weighted by atomic mass is 10.1. The number of halogens is 1. The maximum Gasteiger partial charge on any atom is 0.326 e. The number of nitrogens with two attached hydrogens (primary N) is 1. The van der Waals surface area contributed by atoms with Crippen molar-refractivity contribution in [1.29, 1.82) is 0 Å². The monoisotopic (exact) mass is 512 g/mol. The molecule has 0 radical (unpaired) electrons. The smallest absolute Gasteiger partial charge is 0.326 e. The maximum absolute atomic E-state index is 12.6. The summed E-state index contributed by atoms with van der Waals surface area (Å²) < 4.78 is 6.37. The van der Waals surface area contributed by atoms with Crippen LogP contribution in [0.4, 0.5) is 16.2 Å². The van der Waals surface area contributed by atoms with E-state index in [1.54, 1.807) is 55.7 Å². The van der Waals surface area contributed by atoms with Crippen molar-refractivity contribution in [3.8, 4) is 11.8 Å². The van der Waals surface area contributed by atoms with Crippen molar-refractivity contribution in [3.63, 3.8) is 0 Å². The molecule has 5 N–H and O–H groups in total. The number of aryl methyl sites for hydroxylation is 1. The number of hydrogen-bond acceptors (Lipinski definition) is 7. The van der Waals surface area contributed by atoms with Crippen LogP contribution in [-0.4, -0.2) is 33.9 Å². The van der Waals surface area contributed by atoms with Gasteiger partial charge in [0.2, 0.25) is 5.91 Å². The van der Waals surface area contributed by atoms with Crippen molar-refractivity contribution >= 4 is 45.2 Å². The number of carbonyl (C=O) groups excluding carboxylic acids is 3. The summed E-state index contributed by atoms with van der Waals surface area (Å²) >= 11 is 3.26. The molecule has 0 fully saturated rings. The molecule has 0 saturated carbocycles. The van der Waals surface area contributed by atoms with Crippen molar-refractivity contribution in [2.24, 2.45) is 5.73 Å². The molecule has 3 rings (SSSR count). The third-order valence-corrected chi connectivity index (χ3v) is 4.71. The lowest BCUT2D eigenvalue weighted by Gasteiger charge is -2.13. The molecule has 170 valence electrons. The van der Waals surface area contributed by atoms with Gasteiger partial charge in [0.05, 0.1) is 21.8 Å². The first-order valence-corrected chi connectivity index (χ1v) is 10.6. The van der Waals surface area contributed by atoms with Gasteiger partial charge in [-0.15, -0.1) is 0 Å². The van der Waals surface area contributed by atoms with Crippen molar-refractivity contribution in [3.05, 3.63) is 70.5 Å². The highest BCUT2D eigenvalue weighted by Gasteiger charge is 2.17. The normalized spacial score (nSPS) is 11.3. The molecule has 1 unspecified atom stereocenters. The standard InChI is InChI=1S/C22H21BrN6O4/c1-12-9-15(7-8-18(12)33-22-25-10-14(23)11-26-22)27-21(32)29-20(31)16-5-3-4-6-17(16)28-19(30)13(2)24/h3-11,13H,24H2,1-2H3,(H,28,30)(H2,27,29,31,32). The van der Waals surface area contributed by atoms with E-state index >= 15 is 0 Å². The Kier molecular flexibility index (Phi) is 7.70. The maximum atomic E-state index is 12.6. The predicted molar refractivity (Wildman–Crippen MR) is 126 cm³/mol. The Morgan fingerprint density at radius 2 is 1.76 bits per heavy atom. The van der Waals surface area contributed by atoms with Gasteiger partial charge in [0, 0.05) is 18.1 Å². The number of carbonyl (C=O) groups is 3. The summed E-state index contributed by atoms with van der Waals surface area (Å²) in [7, 11) is 0. The third kappa shape index (κ3) is 6.57. The third-order valence-electron chi connectivity index (χ3n) is 4.30. The Bertz CT molecular complexity index is 1180. The largest absolute Gasteiger partial charge is 0.424 e. The molecule has 2 aromatic carbocycles. The highest BCUT2D eigenvalue weighted by molar-refractivity contribution is 9.10. The summed E-state index contributed by atoms with van der Waals surface area (Å²) in [6, 6.07) is 9.93. The fourth-order valence-electron chi connectivity index (χ4n) is 2.66. The number of imide groups is 1.